The second kappa shape index (κ2) is 7.21. The minimum absolute atomic E-state index is 0.137. The molecule has 24 heavy (non-hydrogen) atoms. The first-order chi connectivity index (χ1) is 11.5. The van der Waals surface area contributed by atoms with E-state index in [-0.39, 0.29) is 17.9 Å². The number of hydrogen-bond donors (Lipinski definition) is 1. The molecule has 4 nitrogen and oxygen atoms in total. The van der Waals surface area contributed by atoms with E-state index in [1.165, 1.54) is 18.2 Å². The summed E-state index contributed by atoms with van der Waals surface area (Å²) >= 11 is 1.57. The van der Waals surface area contributed by atoms with E-state index in [9.17, 15) is 12.8 Å². The van der Waals surface area contributed by atoms with Gasteiger partial charge in [0.15, 0.2) is 0 Å². The molecule has 0 aliphatic rings. The average Bonchev–Trinajstić information content (AvgIpc) is 3.10. The average molecular weight is 362 g/mol. The van der Waals surface area contributed by atoms with E-state index in [0.717, 1.165) is 16.1 Å². The van der Waals surface area contributed by atoms with Crippen molar-refractivity contribution in [2.45, 2.75) is 12.3 Å². The predicted molar refractivity (Wildman–Crippen MR) is 93.4 cm³/mol. The molecule has 0 amide bonds. The second-order valence-corrected chi connectivity index (χ2v) is 7.95. The number of halogens is 1. The zero-order valence-corrected chi connectivity index (χ0v) is 14.3. The molecule has 2 aromatic heterocycles. The van der Waals surface area contributed by atoms with Crippen molar-refractivity contribution >= 4 is 21.4 Å². The van der Waals surface area contributed by atoms with Gasteiger partial charge in [-0.1, -0.05) is 24.3 Å². The van der Waals surface area contributed by atoms with Gasteiger partial charge >= 0.3 is 0 Å². The summed E-state index contributed by atoms with van der Waals surface area (Å²) in [5, 5.41) is 1.96. The van der Waals surface area contributed by atoms with Crippen molar-refractivity contribution in [1.82, 2.24) is 9.71 Å². The third-order valence-electron chi connectivity index (χ3n) is 3.40. The molecule has 0 aliphatic carbocycles. The monoisotopic (exact) mass is 362 g/mol. The van der Waals surface area contributed by atoms with Crippen LogP contribution in [-0.4, -0.2) is 13.4 Å². The normalized spacial score (nSPS) is 11.5. The molecule has 0 atom stereocenters. The van der Waals surface area contributed by atoms with Crippen LogP contribution >= 0.6 is 11.3 Å². The summed E-state index contributed by atoms with van der Waals surface area (Å²) in [7, 11) is -3.63. The van der Waals surface area contributed by atoms with E-state index < -0.39 is 15.8 Å². The Balaban J connectivity index is 1.69. The van der Waals surface area contributed by atoms with E-state index in [0.29, 0.717) is 0 Å². The van der Waals surface area contributed by atoms with Gasteiger partial charge in [-0.3, -0.25) is 4.98 Å². The summed E-state index contributed by atoms with van der Waals surface area (Å²) in [6, 6.07) is 13.4. The summed E-state index contributed by atoms with van der Waals surface area (Å²) < 4.78 is 40.4. The molecule has 124 valence electrons. The molecule has 3 rings (SSSR count). The van der Waals surface area contributed by atoms with E-state index in [2.05, 4.69) is 9.71 Å². The first kappa shape index (κ1) is 16.8. The number of benzene rings is 1. The highest BCUT2D eigenvalue weighted by molar-refractivity contribution is 7.88. The molecule has 3 aromatic rings. The van der Waals surface area contributed by atoms with Gasteiger partial charge in [-0.25, -0.2) is 17.5 Å². The maximum Gasteiger partial charge on any atom is 0.216 e. The zero-order valence-electron chi connectivity index (χ0n) is 12.6. The van der Waals surface area contributed by atoms with Crippen molar-refractivity contribution in [3.05, 3.63) is 77.1 Å². The van der Waals surface area contributed by atoms with Crippen LogP contribution in [0.25, 0.3) is 10.6 Å². The van der Waals surface area contributed by atoms with Gasteiger partial charge in [0.05, 0.1) is 16.3 Å². The summed E-state index contributed by atoms with van der Waals surface area (Å²) in [6.07, 6.45) is 1.65. The van der Waals surface area contributed by atoms with Crippen molar-refractivity contribution in [1.29, 1.82) is 0 Å². The van der Waals surface area contributed by atoms with Gasteiger partial charge in [-0.2, -0.15) is 0 Å². The zero-order chi connectivity index (χ0) is 17.0. The van der Waals surface area contributed by atoms with Gasteiger partial charge in [0.1, 0.15) is 5.82 Å². The molecule has 0 saturated carbocycles. The topological polar surface area (TPSA) is 59.1 Å². The van der Waals surface area contributed by atoms with E-state index in [1.807, 2.05) is 23.6 Å². The number of nitrogens with one attached hydrogen (secondary N) is 1. The molecule has 0 unspecified atom stereocenters. The highest BCUT2D eigenvalue weighted by atomic mass is 32.2. The SMILES string of the molecule is O=S(=O)(Cc1ccccc1F)NCc1ccnc(-c2cccs2)c1. The quantitative estimate of drug-likeness (QED) is 0.729. The minimum atomic E-state index is -3.63. The third-order valence-corrected chi connectivity index (χ3v) is 5.57. The molecule has 0 saturated heterocycles. The van der Waals surface area contributed by atoms with Crippen molar-refractivity contribution in [2.24, 2.45) is 0 Å². The smallest absolute Gasteiger partial charge is 0.216 e. The van der Waals surface area contributed by atoms with Crippen molar-refractivity contribution in [2.75, 3.05) is 0 Å². The Morgan fingerprint density at radius 3 is 2.71 bits per heavy atom. The summed E-state index contributed by atoms with van der Waals surface area (Å²) in [4.78, 5) is 5.31. The van der Waals surface area contributed by atoms with Crippen LogP contribution < -0.4 is 4.72 Å². The summed E-state index contributed by atoms with van der Waals surface area (Å²) in [5.74, 6) is -0.908. The van der Waals surface area contributed by atoms with Crippen LogP contribution in [0.3, 0.4) is 0 Å². The molecule has 0 spiro atoms. The lowest BCUT2D eigenvalue weighted by Crippen LogP contribution is -2.25. The van der Waals surface area contributed by atoms with Crippen LogP contribution in [0, 0.1) is 5.82 Å². The van der Waals surface area contributed by atoms with Gasteiger partial charge in [0.2, 0.25) is 10.0 Å². The largest absolute Gasteiger partial charge is 0.255 e. The lowest BCUT2D eigenvalue weighted by molar-refractivity contribution is 0.574. The van der Waals surface area contributed by atoms with Crippen LogP contribution in [0.4, 0.5) is 4.39 Å². The Hall–Kier alpha value is -2.09. The van der Waals surface area contributed by atoms with Crippen LogP contribution in [0.1, 0.15) is 11.1 Å². The number of nitrogens with zero attached hydrogens (tertiary/aromatic N) is 1. The Kier molecular flexibility index (Phi) is 5.03. The van der Waals surface area contributed by atoms with Crippen LogP contribution in [0.15, 0.2) is 60.1 Å². The van der Waals surface area contributed by atoms with Crippen molar-refractivity contribution in [3.63, 3.8) is 0 Å². The molecule has 0 bridgehead atoms. The fourth-order valence-corrected chi connectivity index (χ4v) is 4.03. The summed E-state index contributed by atoms with van der Waals surface area (Å²) in [6.45, 7) is 0.137. The maximum absolute atomic E-state index is 13.6. The van der Waals surface area contributed by atoms with Crippen molar-refractivity contribution < 1.29 is 12.8 Å². The predicted octanol–water partition coefficient (Wildman–Crippen LogP) is 3.57. The van der Waals surface area contributed by atoms with Gasteiger partial charge in [0.25, 0.3) is 0 Å². The highest BCUT2D eigenvalue weighted by Gasteiger charge is 2.14. The number of rotatable bonds is 6. The minimum Gasteiger partial charge on any atom is -0.255 e. The molecule has 0 aliphatic heterocycles. The molecule has 0 fully saturated rings. The molecule has 7 heteroatoms. The fraction of sp³-hybridized carbons (Fsp3) is 0.118. The number of thiophene rings is 1. The lowest BCUT2D eigenvalue weighted by Gasteiger charge is -2.08. The lowest BCUT2D eigenvalue weighted by atomic mass is 10.2. The Morgan fingerprint density at radius 1 is 1.12 bits per heavy atom. The molecule has 1 N–H and O–H groups in total. The first-order valence-electron chi connectivity index (χ1n) is 7.23. The fourth-order valence-electron chi connectivity index (χ4n) is 2.21. The molecular formula is C17H15FN2O2S2. The van der Waals surface area contributed by atoms with E-state index >= 15 is 0 Å². The number of aromatic nitrogens is 1. The van der Waals surface area contributed by atoms with Gasteiger partial charge < -0.3 is 0 Å². The van der Waals surface area contributed by atoms with E-state index in [4.69, 9.17) is 0 Å². The standard InChI is InChI=1S/C17H15FN2O2S2/c18-15-5-2-1-4-14(15)12-24(21,22)20-11-13-7-8-19-16(10-13)17-6-3-9-23-17/h1-10,20H,11-12H2. The number of pyridine rings is 1. The summed E-state index contributed by atoms with van der Waals surface area (Å²) in [5.41, 5.74) is 1.75. The van der Waals surface area contributed by atoms with E-state index in [1.54, 1.807) is 29.7 Å². The van der Waals surface area contributed by atoms with Crippen LogP contribution in [0.2, 0.25) is 0 Å². The third kappa shape index (κ3) is 4.25. The van der Waals surface area contributed by atoms with Crippen LogP contribution in [-0.2, 0) is 22.3 Å². The van der Waals surface area contributed by atoms with Crippen molar-refractivity contribution in [3.8, 4) is 10.6 Å². The van der Waals surface area contributed by atoms with Gasteiger partial charge in [-0.15, -0.1) is 11.3 Å². The number of hydrogen-bond acceptors (Lipinski definition) is 4. The Morgan fingerprint density at radius 2 is 1.96 bits per heavy atom. The molecule has 0 radical (unpaired) electrons. The molecule has 1 aromatic carbocycles. The number of sulfonamides is 1. The first-order valence-corrected chi connectivity index (χ1v) is 9.76. The highest BCUT2D eigenvalue weighted by Crippen LogP contribution is 2.23. The Bertz CT molecular complexity index is 925. The molecule has 2 heterocycles. The molecular weight excluding hydrogens is 347 g/mol. The van der Waals surface area contributed by atoms with Gasteiger partial charge in [0, 0.05) is 18.3 Å². The van der Waals surface area contributed by atoms with Gasteiger partial charge in [-0.05, 0) is 35.2 Å². The second-order valence-electron chi connectivity index (χ2n) is 5.20. The van der Waals surface area contributed by atoms with Crippen LogP contribution in [0.5, 0.6) is 0 Å². The maximum atomic E-state index is 13.6. The Labute approximate surface area is 144 Å².